The molecular formula is C17H19N. The van der Waals surface area contributed by atoms with Crippen molar-refractivity contribution in [2.24, 2.45) is 11.8 Å². The van der Waals surface area contributed by atoms with Crippen molar-refractivity contribution in [2.45, 2.75) is 25.7 Å². The van der Waals surface area contributed by atoms with E-state index in [4.69, 9.17) is 0 Å². The van der Waals surface area contributed by atoms with E-state index < -0.39 is 0 Å². The second kappa shape index (κ2) is 4.01. The highest BCUT2D eigenvalue weighted by Crippen LogP contribution is 2.39. The number of piperidine rings is 1. The van der Waals surface area contributed by atoms with Crippen molar-refractivity contribution in [1.82, 2.24) is 5.32 Å². The Balaban J connectivity index is 2.09. The highest BCUT2D eigenvalue weighted by atomic mass is 14.9. The van der Waals surface area contributed by atoms with Gasteiger partial charge in [-0.2, -0.15) is 0 Å². The lowest BCUT2D eigenvalue weighted by atomic mass is 9.71. The van der Waals surface area contributed by atoms with Crippen LogP contribution >= 0.6 is 0 Å². The SMILES string of the molecule is C1=CC2=c3ccccc3=C3NCCCC3C2CC1. The first-order valence-corrected chi connectivity index (χ1v) is 7.19. The van der Waals surface area contributed by atoms with Gasteiger partial charge in [-0.15, -0.1) is 0 Å². The first kappa shape index (κ1) is 10.4. The molecular weight excluding hydrogens is 218 g/mol. The number of hydrogen-bond donors (Lipinski definition) is 1. The van der Waals surface area contributed by atoms with Gasteiger partial charge >= 0.3 is 0 Å². The molecule has 1 aliphatic heterocycles. The monoisotopic (exact) mass is 237 g/mol. The second-order valence-electron chi connectivity index (χ2n) is 5.68. The van der Waals surface area contributed by atoms with Crippen LogP contribution in [-0.4, -0.2) is 6.54 Å². The van der Waals surface area contributed by atoms with Crippen LogP contribution in [0.15, 0.2) is 36.4 Å². The molecule has 0 amide bonds. The second-order valence-corrected chi connectivity index (χ2v) is 5.68. The van der Waals surface area contributed by atoms with Gasteiger partial charge in [0.05, 0.1) is 0 Å². The molecule has 1 aromatic rings. The molecule has 0 aromatic heterocycles. The van der Waals surface area contributed by atoms with Gasteiger partial charge in [0.25, 0.3) is 0 Å². The van der Waals surface area contributed by atoms with Gasteiger partial charge < -0.3 is 5.32 Å². The van der Waals surface area contributed by atoms with Gasteiger partial charge in [0.15, 0.2) is 0 Å². The summed E-state index contributed by atoms with van der Waals surface area (Å²) in [5, 5.41) is 6.62. The summed E-state index contributed by atoms with van der Waals surface area (Å²) in [6.07, 6.45) is 10.0. The molecule has 1 aromatic carbocycles. The molecule has 2 atom stereocenters. The Morgan fingerprint density at radius 1 is 1.00 bits per heavy atom. The van der Waals surface area contributed by atoms with Crippen molar-refractivity contribution in [2.75, 3.05) is 6.54 Å². The maximum atomic E-state index is 3.69. The van der Waals surface area contributed by atoms with Crippen molar-refractivity contribution in [1.29, 1.82) is 0 Å². The van der Waals surface area contributed by atoms with E-state index in [2.05, 4.69) is 41.7 Å². The van der Waals surface area contributed by atoms with Crippen LogP contribution in [0.4, 0.5) is 0 Å². The van der Waals surface area contributed by atoms with Crippen LogP contribution in [0, 0.1) is 11.8 Å². The minimum Gasteiger partial charge on any atom is -0.388 e. The fourth-order valence-electron chi connectivity index (χ4n) is 3.96. The molecule has 2 aliphatic carbocycles. The van der Waals surface area contributed by atoms with E-state index >= 15 is 0 Å². The van der Waals surface area contributed by atoms with Crippen molar-refractivity contribution >= 4 is 11.3 Å². The van der Waals surface area contributed by atoms with Crippen molar-refractivity contribution in [3.05, 3.63) is 46.9 Å². The van der Waals surface area contributed by atoms with Crippen LogP contribution in [-0.2, 0) is 0 Å². The van der Waals surface area contributed by atoms with Crippen molar-refractivity contribution < 1.29 is 0 Å². The summed E-state index contributed by atoms with van der Waals surface area (Å²) in [5.41, 5.74) is 3.12. The van der Waals surface area contributed by atoms with Crippen LogP contribution in [0.25, 0.3) is 11.3 Å². The normalized spacial score (nSPS) is 29.1. The number of fused-ring (bicyclic) bond motifs is 4. The molecule has 0 radical (unpaired) electrons. The maximum absolute atomic E-state index is 3.69. The first-order chi connectivity index (χ1) is 8.95. The average Bonchev–Trinajstić information content (AvgIpc) is 2.48. The van der Waals surface area contributed by atoms with E-state index in [0.29, 0.717) is 0 Å². The zero-order valence-electron chi connectivity index (χ0n) is 10.7. The zero-order valence-corrected chi connectivity index (χ0v) is 10.7. The minimum atomic E-state index is 0.744. The third kappa shape index (κ3) is 1.40. The Morgan fingerprint density at radius 2 is 1.89 bits per heavy atom. The molecule has 1 fully saturated rings. The van der Waals surface area contributed by atoms with E-state index in [1.807, 2.05) is 0 Å². The Kier molecular flexibility index (Phi) is 2.32. The van der Waals surface area contributed by atoms with Crippen molar-refractivity contribution in [3.63, 3.8) is 0 Å². The predicted molar refractivity (Wildman–Crippen MR) is 75.1 cm³/mol. The average molecular weight is 237 g/mol. The van der Waals surface area contributed by atoms with Crippen LogP contribution in [0.5, 0.6) is 0 Å². The fraction of sp³-hybridized carbons (Fsp3) is 0.412. The lowest BCUT2D eigenvalue weighted by Gasteiger charge is -2.38. The molecule has 0 bridgehead atoms. The van der Waals surface area contributed by atoms with Gasteiger partial charge in [0.1, 0.15) is 0 Å². The Hall–Kier alpha value is -1.50. The van der Waals surface area contributed by atoms with Crippen LogP contribution in [0.3, 0.4) is 0 Å². The van der Waals surface area contributed by atoms with Gasteiger partial charge in [-0.1, -0.05) is 36.4 Å². The molecule has 1 saturated heterocycles. The summed E-state index contributed by atoms with van der Waals surface area (Å²) in [6.45, 7) is 1.15. The number of nitrogens with one attached hydrogen (secondary N) is 1. The molecule has 4 rings (SSSR count). The molecule has 0 saturated carbocycles. The van der Waals surface area contributed by atoms with E-state index in [1.54, 1.807) is 5.57 Å². The lowest BCUT2D eigenvalue weighted by Crippen LogP contribution is -2.46. The minimum absolute atomic E-state index is 0.744. The largest absolute Gasteiger partial charge is 0.388 e. The molecule has 92 valence electrons. The molecule has 3 aliphatic rings. The van der Waals surface area contributed by atoms with Gasteiger partial charge in [-0.25, -0.2) is 0 Å². The molecule has 18 heavy (non-hydrogen) atoms. The Labute approximate surface area is 108 Å². The van der Waals surface area contributed by atoms with Crippen molar-refractivity contribution in [3.8, 4) is 0 Å². The molecule has 1 heteroatoms. The number of hydrogen-bond acceptors (Lipinski definition) is 1. The molecule has 2 unspecified atom stereocenters. The third-order valence-electron chi connectivity index (χ3n) is 4.73. The summed E-state index contributed by atoms with van der Waals surface area (Å²) in [4.78, 5) is 0. The number of allylic oxidation sites excluding steroid dienone is 2. The van der Waals surface area contributed by atoms with Crippen LogP contribution in [0.2, 0.25) is 0 Å². The first-order valence-electron chi connectivity index (χ1n) is 7.19. The van der Waals surface area contributed by atoms with Gasteiger partial charge in [-0.3, -0.25) is 0 Å². The van der Waals surface area contributed by atoms with E-state index in [-0.39, 0.29) is 0 Å². The zero-order chi connectivity index (χ0) is 11.9. The maximum Gasteiger partial charge on any atom is 0.0224 e. The highest BCUT2D eigenvalue weighted by Gasteiger charge is 2.33. The summed E-state index contributed by atoms with van der Waals surface area (Å²) < 4.78 is 0. The number of benzene rings is 1. The third-order valence-corrected chi connectivity index (χ3v) is 4.73. The van der Waals surface area contributed by atoms with E-state index in [0.717, 1.165) is 18.4 Å². The Bertz CT molecular complexity index is 623. The summed E-state index contributed by atoms with van der Waals surface area (Å²) in [5.74, 6) is 1.50. The smallest absolute Gasteiger partial charge is 0.0224 e. The predicted octanol–water partition coefficient (Wildman–Crippen LogP) is 1.92. The van der Waals surface area contributed by atoms with Gasteiger partial charge in [0.2, 0.25) is 0 Å². The van der Waals surface area contributed by atoms with Gasteiger partial charge in [0, 0.05) is 23.4 Å². The topological polar surface area (TPSA) is 12.0 Å². The molecule has 1 nitrogen and oxygen atoms in total. The van der Waals surface area contributed by atoms with Gasteiger partial charge in [-0.05, 0) is 42.4 Å². The molecule has 1 heterocycles. The van der Waals surface area contributed by atoms with Crippen LogP contribution in [0.1, 0.15) is 25.7 Å². The van der Waals surface area contributed by atoms with Crippen LogP contribution < -0.4 is 15.8 Å². The standard InChI is InChI=1S/C17H19N/c1-2-7-14-12(6-1)13-8-3-4-9-15(13)17-16(14)10-5-11-18-17/h1,3-4,6,8-9,14,16,18H,2,5,7,10-11H2. The summed E-state index contributed by atoms with van der Waals surface area (Å²) >= 11 is 0. The number of rotatable bonds is 0. The lowest BCUT2D eigenvalue weighted by molar-refractivity contribution is 0.384. The highest BCUT2D eigenvalue weighted by molar-refractivity contribution is 5.68. The summed E-state index contributed by atoms with van der Waals surface area (Å²) in [7, 11) is 0. The van der Waals surface area contributed by atoms with E-state index in [9.17, 15) is 0 Å². The Morgan fingerprint density at radius 3 is 2.83 bits per heavy atom. The molecule has 0 spiro atoms. The fourth-order valence-corrected chi connectivity index (χ4v) is 3.96. The van der Waals surface area contributed by atoms with E-state index in [1.165, 1.54) is 41.8 Å². The molecule has 1 N–H and O–H groups in total. The summed E-state index contributed by atoms with van der Waals surface area (Å²) in [6, 6.07) is 8.94. The quantitative estimate of drug-likeness (QED) is 0.727.